The van der Waals surface area contributed by atoms with Crippen LogP contribution in [0.4, 0.5) is 4.39 Å². The number of aromatic nitrogens is 3. The highest BCUT2D eigenvalue weighted by molar-refractivity contribution is 7.13. The number of thiazole rings is 1. The fourth-order valence-electron chi connectivity index (χ4n) is 2.67. The fourth-order valence-corrected chi connectivity index (χ4v) is 3.48. The van der Waals surface area contributed by atoms with E-state index in [4.69, 9.17) is 0 Å². The summed E-state index contributed by atoms with van der Waals surface area (Å²) in [6.45, 7) is 4.52. The van der Waals surface area contributed by atoms with Gasteiger partial charge in [0.25, 0.3) is 5.91 Å². The lowest BCUT2D eigenvalue weighted by Gasteiger charge is -2.04. The standard InChI is InChI=1S/C18H19FN4OS/c1-11-15(12(2)23(3)22-11)8-9-20-17(24)16-10-25-18(21-16)13-4-6-14(19)7-5-13/h4-7,10H,8-9H2,1-3H3,(H,20,24). The van der Waals surface area contributed by atoms with Crippen molar-refractivity contribution in [2.75, 3.05) is 6.54 Å². The fraction of sp³-hybridized carbons (Fsp3) is 0.278. The monoisotopic (exact) mass is 358 g/mol. The summed E-state index contributed by atoms with van der Waals surface area (Å²) < 4.78 is 14.8. The Labute approximate surface area is 149 Å². The number of carbonyl (C=O) groups excluding carboxylic acids is 1. The first-order valence-corrected chi connectivity index (χ1v) is 8.82. The van der Waals surface area contributed by atoms with Gasteiger partial charge in [-0.1, -0.05) is 0 Å². The van der Waals surface area contributed by atoms with Crippen LogP contribution >= 0.6 is 11.3 Å². The Morgan fingerprint density at radius 2 is 2.00 bits per heavy atom. The van der Waals surface area contributed by atoms with E-state index < -0.39 is 0 Å². The molecule has 3 rings (SSSR count). The van der Waals surface area contributed by atoms with Crippen molar-refractivity contribution in [3.05, 3.63) is 58.1 Å². The Kier molecular flexibility index (Phi) is 4.94. The van der Waals surface area contributed by atoms with Crippen LogP contribution in [-0.2, 0) is 13.5 Å². The SMILES string of the molecule is Cc1nn(C)c(C)c1CCNC(=O)c1csc(-c2ccc(F)cc2)n1. The molecule has 0 spiro atoms. The largest absolute Gasteiger partial charge is 0.350 e. The smallest absolute Gasteiger partial charge is 0.270 e. The third-order valence-electron chi connectivity index (χ3n) is 4.15. The molecule has 25 heavy (non-hydrogen) atoms. The summed E-state index contributed by atoms with van der Waals surface area (Å²) in [7, 11) is 1.91. The van der Waals surface area contributed by atoms with E-state index in [1.54, 1.807) is 17.5 Å². The second kappa shape index (κ2) is 7.14. The minimum absolute atomic E-state index is 0.205. The van der Waals surface area contributed by atoms with Gasteiger partial charge in [0.05, 0.1) is 5.69 Å². The summed E-state index contributed by atoms with van der Waals surface area (Å²) in [5.74, 6) is -0.497. The second-order valence-electron chi connectivity index (χ2n) is 5.82. The van der Waals surface area contributed by atoms with Gasteiger partial charge >= 0.3 is 0 Å². The molecule has 0 radical (unpaired) electrons. The van der Waals surface area contributed by atoms with Crippen LogP contribution in [0.2, 0.25) is 0 Å². The summed E-state index contributed by atoms with van der Waals surface area (Å²) in [5.41, 5.74) is 4.43. The highest BCUT2D eigenvalue weighted by atomic mass is 32.1. The van der Waals surface area contributed by atoms with E-state index in [0.29, 0.717) is 17.2 Å². The van der Waals surface area contributed by atoms with Gasteiger partial charge in [-0.2, -0.15) is 5.10 Å². The maximum absolute atomic E-state index is 13.0. The number of nitrogens with zero attached hydrogens (tertiary/aromatic N) is 3. The Morgan fingerprint density at radius 1 is 1.28 bits per heavy atom. The topological polar surface area (TPSA) is 59.8 Å². The van der Waals surface area contributed by atoms with Gasteiger partial charge in [-0.15, -0.1) is 11.3 Å². The van der Waals surface area contributed by atoms with E-state index in [2.05, 4.69) is 15.4 Å². The molecule has 1 aromatic carbocycles. The Bertz CT molecular complexity index is 898. The van der Waals surface area contributed by atoms with Crippen molar-refractivity contribution in [1.29, 1.82) is 0 Å². The zero-order valence-electron chi connectivity index (χ0n) is 14.3. The average molecular weight is 358 g/mol. The van der Waals surface area contributed by atoms with E-state index in [1.807, 2.05) is 25.6 Å². The number of nitrogens with one attached hydrogen (secondary N) is 1. The van der Waals surface area contributed by atoms with Crippen LogP contribution in [0, 0.1) is 19.7 Å². The molecule has 2 heterocycles. The van der Waals surface area contributed by atoms with Gasteiger partial charge < -0.3 is 5.32 Å². The third-order valence-corrected chi connectivity index (χ3v) is 5.04. The van der Waals surface area contributed by atoms with E-state index >= 15 is 0 Å². The second-order valence-corrected chi connectivity index (χ2v) is 6.68. The van der Waals surface area contributed by atoms with Crippen molar-refractivity contribution in [3.8, 4) is 10.6 Å². The molecule has 2 aromatic heterocycles. The van der Waals surface area contributed by atoms with Gasteiger partial charge in [-0.3, -0.25) is 9.48 Å². The number of halogens is 1. The van der Waals surface area contributed by atoms with E-state index in [0.717, 1.165) is 28.9 Å². The first-order chi connectivity index (χ1) is 12.0. The molecular weight excluding hydrogens is 339 g/mol. The first kappa shape index (κ1) is 17.3. The van der Waals surface area contributed by atoms with Gasteiger partial charge in [0.15, 0.2) is 0 Å². The molecule has 0 fully saturated rings. The number of benzene rings is 1. The van der Waals surface area contributed by atoms with E-state index in [-0.39, 0.29) is 11.7 Å². The molecule has 5 nitrogen and oxygen atoms in total. The summed E-state index contributed by atoms with van der Waals surface area (Å²) in [5, 5.41) is 9.68. The van der Waals surface area contributed by atoms with Crippen LogP contribution in [0.5, 0.6) is 0 Å². The summed E-state index contributed by atoms with van der Waals surface area (Å²) in [6.07, 6.45) is 0.728. The maximum atomic E-state index is 13.0. The highest BCUT2D eigenvalue weighted by Gasteiger charge is 2.13. The molecule has 0 aliphatic rings. The van der Waals surface area contributed by atoms with E-state index in [9.17, 15) is 9.18 Å². The molecule has 130 valence electrons. The number of rotatable bonds is 5. The van der Waals surface area contributed by atoms with Crippen molar-refractivity contribution in [3.63, 3.8) is 0 Å². The summed E-state index contributed by atoms with van der Waals surface area (Å²) >= 11 is 1.37. The number of hydrogen-bond donors (Lipinski definition) is 1. The van der Waals surface area contributed by atoms with Crippen LogP contribution in [0.15, 0.2) is 29.6 Å². The number of carbonyl (C=O) groups is 1. The molecule has 0 atom stereocenters. The predicted molar refractivity (Wildman–Crippen MR) is 96.2 cm³/mol. The van der Waals surface area contributed by atoms with Gasteiger partial charge in [-0.05, 0) is 50.1 Å². The van der Waals surface area contributed by atoms with Crippen molar-refractivity contribution in [2.45, 2.75) is 20.3 Å². The van der Waals surface area contributed by atoms with Crippen LogP contribution in [-0.4, -0.2) is 27.2 Å². The summed E-state index contributed by atoms with van der Waals surface area (Å²) in [4.78, 5) is 16.6. The predicted octanol–water partition coefficient (Wildman–Crippen LogP) is 3.27. The van der Waals surface area contributed by atoms with E-state index in [1.165, 1.54) is 23.5 Å². The normalized spacial score (nSPS) is 10.9. The molecule has 3 aromatic rings. The Morgan fingerprint density at radius 3 is 2.64 bits per heavy atom. The van der Waals surface area contributed by atoms with Crippen molar-refractivity contribution in [1.82, 2.24) is 20.1 Å². The van der Waals surface area contributed by atoms with Gasteiger partial charge in [-0.25, -0.2) is 9.37 Å². The lowest BCUT2D eigenvalue weighted by atomic mass is 10.1. The van der Waals surface area contributed by atoms with Crippen LogP contribution < -0.4 is 5.32 Å². The third kappa shape index (κ3) is 3.76. The highest BCUT2D eigenvalue weighted by Crippen LogP contribution is 2.23. The average Bonchev–Trinajstić information content (AvgIpc) is 3.16. The zero-order valence-corrected chi connectivity index (χ0v) is 15.2. The Hall–Kier alpha value is -2.54. The maximum Gasteiger partial charge on any atom is 0.270 e. The molecule has 1 N–H and O–H groups in total. The van der Waals surface area contributed by atoms with Crippen molar-refractivity contribution < 1.29 is 9.18 Å². The molecule has 0 aliphatic carbocycles. The van der Waals surface area contributed by atoms with Crippen LogP contribution in [0.3, 0.4) is 0 Å². The molecule has 0 aliphatic heterocycles. The Balaban J connectivity index is 1.61. The molecule has 0 saturated heterocycles. The van der Waals surface area contributed by atoms with Gasteiger partial charge in [0, 0.05) is 30.2 Å². The lowest BCUT2D eigenvalue weighted by molar-refractivity contribution is 0.0950. The number of amides is 1. The quantitative estimate of drug-likeness (QED) is 0.761. The zero-order chi connectivity index (χ0) is 18.0. The van der Waals surface area contributed by atoms with Crippen molar-refractivity contribution >= 4 is 17.2 Å². The molecule has 1 amide bonds. The molecule has 0 bridgehead atoms. The minimum Gasteiger partial charge on any atom is -0.350 e. The van der Waals surface area contributed by atoms with Crippen LogP contribution in [0.1, 0.15) is 27.4 Å². The molecule has 0 unspecified atom stereocenters. The van der Waals surface area contributed by atoms with Crippen LogP contribution in [0.25, 0.3) is 10.6 Å². The van der Waals surface area contributed by atoms with Gasteiger partial charge in [0.1, 0.15) is 16.5 Å². The molecule has 7 heteroatoms. The van der Waals surface area contributed by atoms with Gasteiger partial charge in [0.2, 0.25) is 0 Å². The molecule has 0 saturated carbocycles. The number of aryl methyl sites for hydroxylation is 2. The first-order valence-electron chi connectivity index (χ1n) is 7.94. The lowest BCUT2D eigenvalue weighted by Crippen LogP contribution is -2.26. The molecular formula is C18H19FN4OS. The van der Waals surface area contributed by atoms with Crippen molar-refractivity contribution in [2.24, 2.45) is 7.05 Å². The minimum atomic E-state index is -0.292. The number of hydrogen-bond acceptors (Lipinski definition) is 4. The summed E-state index contributed by atoms with van der Waals surface area (Å²) in [6, 6.07) is 6.08.